The Bertz CT molecular complexity index is 1290. The Morgan fingerprint density at radius 1 is 0.971 bits per heavy atom. The molecule has 0 saturated carbocycles. The molecule has 1 aromatic heterocycles. The molecule has 2 saturated heterocycles. The van der Waals surface area contributed by atoms with Crippen molar-refractivity contribution < 1.29 is 17.6 Å². The largest absolute Gasteiger partial charge is 0.419 e. The lowest BCUT2D eigenvalue weighted by molar-refractivity contribution is 0.0730. The first kappa shape index (κ1) is 23.5. The molecule has 2 aliphatic rings. The highest BCUT2D eigenvalue weighted by molar-refractivity contribution is 7.89. The summed E-state index contributed by atoms with van der Waals surface area (Å²) in [6.07, 6.45) is 3.09. The summed E-state index contributed by atoms with van der Waals surface area (Å²) < 4.78 is 38.5. The first-order valence-electron chi connectivity index (χ1n) is 11.9. The molecule has 0 bridgehead atoms. The molecule has 5 rings (SSSR count). The Morgan fingerprint density at radius 3 is 2.31 bits per heavy atom. The molecular formula is C26H28N4O4S. The number of anilines is 1. The Balaban J connectivity index is 1.28. The lowest BCUT2D eigenvalue weighted by atomic mass is 9.90. The maximum Gasteiger partial charge on any atom is 0.243 e. The van der Waals surface area contributed by atoms with Gasteiger partial charge in [0, 0.05) is 31.7 Å². The van der Waals surface area contributed by atoms with E-state index < -0.39 is 10.0 Å². The normalized spacial score (nSPS) is 17.9. The van der Waals surface area contributed by atoms with Crippen LogP contribution in [0.4, 0.5) is 5.88 Å². The third-order valence-electron chi connectivity index (χ3n) is 6.69. The Morgan fingerprint density at radius 2 is 1.66 bits per heavy atom. The molecule has 0 spiro atoms. The number of morpholine rings is 1. The molecule has 3 heterocycles. The van der Waals surface area contributed by atoms with E-state index in [2.05, 4.69) is 40.2 Å². The van der Waals surface area contributed by atoms with Crippen LogP contribution in [0.5, 0.6) is 0 Å². The van der Waals surface area contributed by atoms with Crippen LogP contribution in [0.25, 0.3) is 11.5 Å². The van der Waals surface area contributed by atoms with Crippen molar-refractivity contribution in [2.24, 2.45) is 5.92 Å². The summed E-state index contributed by atoms with van der Waals surface area (Å²) in [7, 11) is -3.57. The molecule has 0 unspecified atom stereocenters. The molecule has 8 nitrogen and oxygen atoms in total. The van der Waals surface area contributed by atoms with E-state index in [1.807, 2.05) is 6.07 Å². The predicted octanol–water partition coefficient (Wildman–Crippen LogP) is 3.69. The summed E-state index contributed by atoms with van der Waals surface area (Å²) in [6.45, 7) is 3.10. The van der Waals surface area contributed by atoms with Crippen LogP contribution in [0, 0.1) is 17.2 Å². The van der Waals surface area contributed by atoms with Gasteiger partial charge in [0.25, 0.3) is 0 Å². The minimum absolute atomic E-state index is 0.218. The summed E-state index contributed by atoms with van der Waals surface area (Å²) >= 11 is 0. The van der Waals surface area contributed by atoms with Crippen molar-refractivity contribution in [3.63, 3.8) is 0 Å². The molecule has 2 fully saturated rings. The quantitative estimate of drug-likeness (QED) is 0.517. The molecule has 3 aromatic rings. The number of hydrogen-bond donors (Lipinski definition) is 0. The number of rotatable bonds is 6. The highest BCUT2D eigenvalue weighted by atomic mass is 32.2. The van der Waals surface area contributed by atoms with Gasteiger partial charge in [-0.2, -0.15) is 14.6 Å². The molecule has 2 aromatic carbocycles. The first-order valence-corrected chi connectivity index (χ1v) is 13.4. The van der Waals surface area contributed by atoms with Crippen molar-refractivity contribution in [3.8, 4) is 17.5 Å². The maximum atomic E-state index is 12.9. The van der Waals surface area contributed by atoms with E-state index in [-0.39, 0.29) is 10.6 Å². The van der Waals surface area contributed by atoms with E-state index in [9.17, 15) is 13.7 Å². The maximum absolute atomic E-state index is 12.9. The molecule has 0 aliphatic carbocycles. The standard InChI is InChI=1S/C26H28N4O4S/c27-19-24-26(29-12-10-21(11-13-29)18-20-4-2-1-3-5-20)34-25(28-24)22-6-8-23(9-7-22)35(31,32)30-14-16-33-17-15-30/h1-9,21H,10-18H2. The van der Waals surface area contributed by atoms with Crippen LogP contribution in [-0.2, 0) is 21.2 Å². The molecular weight excluding hydrogens is 464 g/mol. The number of sulfonamides is 1. The fourth-order valence-corrected chi connectivity index (χ4v) is 6.12. The van der Waals surface area contributed by atoms with Crippen LogP contribution < -0.4 is 4.90 Å². The number of nitrogens with zero attached hydrogens (tertiary/aromatic N) is 4. The third kappa shape index (κ3) is 5.10. The van der Waals surface area contributed by atoms with Crippen molar-refractivity contribution in [2.75, 3.05) is 44.3 Å². The molecule has 9 heteroatoms. The summed E-state index contributed by atoms with van der Waals surface area (Å²) in [5.41, 5.74) is 2.24. The van der Waals surface area contributed by atoms with Gasteiger partial charge in [0.2, 0.25) is 27.5 Å². The number of benzene rings is 2. The topological polar surface area (TPSA) is 99.7 Å². The van der Waals surface area contributed by atoms with Crippen molar-refractivity contribution >= 4 is 15.9 Å². The van der Waals surface area contributed by atoms with Crippen molar-refractivity contribution in [1.29, 1.82) is 5.26 Å². The fraction of sp³-hybridized carbons (Fsp3) is 0.385. The number of oxazole rings is 1. The highest BCUT2D eigenvalue weighted by Crippen LogP contribution is 2.32. The van der Waals surface area contributed by atoms with Gasteiger partial charge in [-0.05, 0) is 55.0 Å². The minimum atomic E-state index is -3.57. The monoisotopic (exact) mass is 492 g/mol. The first-order chi connectivity index (χ1) is 17.0. The SMILES string of the molecule is N#Cc1nc(-c2ccc(S(=O)(=O)N3CCOCC3)cc2)oc1N1CCC(Cc2ccccc2)CC1. The summed E-state index contributed by atoms with van der Waals surface area (Å²) in [5, 5.41) is 9.66. The summed E-state index contributed by atoms with van der Waals surface area (Å²) in [5.74, 6) is 1.41. The lowest BCUT2D eigenvalue weighted by Gasteiger charge is -2.31. The van der Waals surface area contributed by atoms with Crippen molar-refractivity contribution in [1.82, 2.24) is 9.29 Å². The van der Waals surface area contributed by atoms with Gasteiger partial charge in [0.1, 0.15) is 6.07 Å². The summed E-state index contributed by atoms with van der Waals surface area (Å²) in [4.78, 5) is 6.71. The molecule has 0 radical (unpaired) electrons. The Kier molecular flexibility index (Phi) is 6.86. The van der Waals surface area contributed by atoms with Gasteiger partial charge in [-0.3, -0.25) is 0 Å². The van der Waals surface area contributed by atoms with Crippen LogP contribution in [-0.4, -0.2) is 57.1 Å². The Labute approximate surface area is 205 Å². The smallest absolute Gasteiger partial charge is 0.243 e. The predicted molar refractivity (Wildman–Crippen MR) is 131 cm³/mol. The zero-order chi connectivity index (χ0) is 24.3. The van der Waals surface area contributed by atoms with E-state index in [1.54, 1.807) is 24.3 Å². The third-order valence-corrected chi connectivity index (χ3v) is 8.61. The van der Waals surface area contributed by atoms with Crippen molar-refractivity contribution in [3.05, 3.63) is 65.9 Å². The van der Waals surface area contributed by atoms with E-state index in [4.69, 9.17) is 9.15 Å². The van der Waals surface area contributed by atoms with Crippen LogP contribution in [0.2, 0.25) is 0 Å². The van der Waals surface area contributed by atoms with Crippen LogP contribution in [0.3, 0.4) is 0 Å². The number of piperidine rings is 1. The molecule has 0 N–H and O–H groups in total. The Hall–Kier alpha value is -3.19. The van der Waals surface area contributed by atoms with Gasteiger partial charge in [0.05, 0.1) is 18.1 Å². The van der Waals surface area contributed by atoms with Gasteiger partial charge in [-0.1, -0.05) is 30.3 Å². The fourth-order valence-electron chi connectivity index (χ4n) is 4.72. The number of aromatic nitrogens is 1. The molecule has 35 heavy (non-hydrogen) atoms. The van der Waals surface area contributed by atoms with Crippen LogP contribution in [0.15, 0.2) is 63.9 Å². The zero-order valence-corrected chi connectivity index (χ0v) is 20.3. The van der Waals surface area contributed by atoms with Crippen LogP contribution in [0.1, 0.15) is 24.1 Å². The van der Waals surface area contributed by atoms with Gasteiger partial charge >= 0.3 is 0 Å². The summed E-state index contributed by atoms with van der Waals surface area (Å²) in [6, 6.07) is 19.1. The van der Waals surface area contributed by atoms with Crippen molar-refractivity contribution in [2.45, 2.75) is 24.2 Å². The second-order valence-corrected chi connectivity index (χ2v) is 10.9. The average molecular weight is 493 g/mol. The van der Waals surface area contributed by atoms with Gasteiger partial charge in [-0.25, -0.2) is 8.42 Å². The average Bonchev–Trinajstić information content (AvgIpc) is 3.35. The molecule has 182 valence electrons. The zero-order valence-electron chi connectivity index (χ0n) is 19.5. The minimum Gasteiger partial charge on any atom is -0.419 e. The van der Waals surface area contributed by atoms with Crippen LogP contribution >= 0.6 is 0 Å². The van der Waals surface area contributed by atoms with E-state index >= 15 is 0 Å². The van der Waals surface area contributed by atoms with E-state index in [0.29, 0.717) is 49.6 Å². The molecule has 0 atom stereocenters. The van der Waals surface area contributed by atoms with Gasteiger partial charge in [0.15, 0.2) is 0 Å². The molecule has 0 amide bonds. The molecule has 2 aliphatic heterocycles. The number of hydrogen-bond acceptors (Lipinski definition) is 7. The van der Waals surface area contributed by atoms with E-state index in [0.717, 1.165) is 32.4 Å². The van der Waals surface area contributed by atoms with E-state index in [1.165, 1.54) is 9.87 Å². The lowest BCUT2D eigenvalue weighted by Crippen LogP contribution is -2.40. The van der Waals surface area contributed by atoms with Gasteiger partial charge in [-0.15, -0.1) is 0 Å². The highest BCUT2D eigenvalue weighted by Gasteiger charge is 2.28. The second kappa shape index (κ2) is 10.2. The number of nitriles is 1. The number of ether oxygens (including phenoxy) is 1. The van der Waals surface area contributed by atoms with Gasteiger partial charge < -0.3 is 14.1 Å². The second-order valence-electron chi connectivity index (χ2n) is 8.95.